The van der Waals surface area contributed by atoms with Gasteiger partial charge in [-0.1, -0.05) is 6.07 Å². The van der Waals surface area contributed by atoms with Crippen molar-refractivity contribution in [1.29, 1.82) is 0 Å². The summed E-state index contributed by atoms with van der Waals surface area (Å²) in [4.78, 5) is 3.67. The van der Waals surface area contributed by atoms with E-state index in [1.165, 1.54) is 0 Å². The SMILES string of the molecule is Cc1ccc(C2CCNCC2)c(C(F)(F)F)n1. The first-order chi connectivity index (χ1) is 7.98. The number of hydrogen-bond acceptors (Lipinski definition) is 2. The van der Waals surface area contributed by atoms with Gasteiger partial charge in [0.05, 0.1) is 0 Å². The van der Waals surface area contributed by atoms with E-state index in [0.29, 0.717) is 11.3 Å². The van der Waals surface area contributed by atoms with Gasteiger partial charge in [0.2, 0.25) is 0 Å². The summed E-state index contributed by atoms with van der Waals surface area (Å²) < 4.78 is 38.7. The second-order valence-corrected chi connectivity index (χ2v) is 4.41. The molecule has 1 saturated heterocycles. The van der Waals surface area contributed by atoms with Crippen molar-refractivity contribution in [3.05, 3.63) is 29.1 Å². The van der Waals surface area contributed by atoms with Gasteiger partial charge in [-0.2, -0.15) is 13.2 Å². The number of aryl methyl sites for hydroxylation is 1. The summed E-state index contributed by atoms with van der Waals surface area (Å²) in [7, 11) is 0. The molecule has 0 spiro atoms. The molecule has 2 rings (SSSR count). The molecule has 17 heavy (non-hydrogen) atoms. The molecule has 1 aromatic rings. The second kappa shape index (κ2) is 4.64. The Morgan fingerprint density at radius 3 is 2.47 bits per heavy atom. The van der Waals surface area contributed by atoms with Gasteiger partial charge in [0.15, 0.2) is 0 Å². The van der Waals surface area contributed by atoms with Crippen LogP contribution in [0.3, 0.4) is 0 Å². The van der Waals surface area contributed by atoms with Gasteiger partial charge in [-0.25, -0.2) is 4.98 Å². The summed E-state index contributed by atoms with van der Waals surface area (Å²) in [6, 6.07) is 3.24. The van der Waals surface area contributed by atoms with E-state index in [-0.39, 0.29) is 5.92 Å². The maximum Gasteiger partial charge on any atom is 0.433 e. The highest BCUT2D eigenvalue weighted by atomic mass is 19.4. The lowest BCUT2D eigenvalue weighted by Gasteiger charge is -2.25. The van der Waals surface area contributed by atoms with Crippen molar-refractivity contribution < 1.29 is 13.2 Å². The van der Waals surface area contributed by atoms with E-state index in [4.69, 9.17) is 0 Å². The van der Waals surface area contributed by atoms with Crippen LogP contribution in [0.5, 0.6) is 0 Å². The highest BCUT2D eigenvalue weighted by molar-refractivity contribution is 5.29. The molecule has 0 radical (unpaired) electrons. The first-order valence-electron chi connectivity index (χ1n) is 5.74. The average molecular weight is 244 g/mol. The maximum absolute atomic E-state index is 12.9. The quantitative estimate of drug-likeness (QED) is 0.821. The summed E-state index contributed by atoms with van der Waals surface area (Å²) in [5, 5.41) is 3.15. The third-order valence-electron chi connectivity index (χ3n) is 3.11. The Hall–Kier alpha value is -1.10. The largest absolute Gasteiger partial charge is 0.433 e. The third kappa shape index (κ3) is 2.77. The Bertz CT molecular complexity index is 395. The van der Waals surface area contributed by atoms with Crippen LogP contribution < -0.4 is 5.32 Å². The van der Waals surface area contributed by atoms with Gasteiger partial charge in [-0.15, -0.1) is 0 Å². The van der Waals surface area contributed by atoms with Gasteiger partial charge in [0, 0.05) is 5.69 Å². The molecule has 0 bridgehead atoms. The first-order valence-corrected chi connectivity index (χ1v) is 5.74. The summed E-state index contributed by atoms with van der Waals surface area (Å²) in [5.74, 6) is -0.0269. The number of alkyl halides is 3. The number of pyridine rings is 1. The van der Waals surface area contributed by atoms with Crippen LogP contribution >= 0.6 is 0 Å². The fourth-order valence-electron chi connectivity index (χ4n) is 2.26. The van der Waals surface area contributed by atoms with Crippen molar-refractivity contribution in [2.45, 2.75) is 31.9 Å². The normalized spacial score (nSPS) is 18.4. The fourth-order valence-corrected chi connectivity index (χ4v) is 2.26. The molecule has 1 aliphatic heterocycles. The third-order valence-corrected chi connectivity index (χ3v) is 3.11. The number of piperidine rings is 1. The molecule has 0 aliphatic carbocycles. The number of aromatic nitrogens is 1. The monoisotopic (exact) mass is 244 g/mol. The second-order valence-electron chi connectivity index (χ2n) is 4.41. The Morgan fingerprint density at radius 1 is 1.24 bits per heavy atom. The summed E-state index contributed by atoms with van der Waals surface area (Å²) in [6.07, 6.45) is -2.87. The molecule has 2 heterocycles. The molecule has 1 aliphatic rings. The molecule has 0 saturated carbocycles. The molecule has 1 N–H and O–H groups in total. The molecule has 0 unspecified atom stereocenters. The lowest BCUT2D eigenvalue weighted by atomic mass is 9.89. The molecule has 2 nitrogen and oxygen atoms in total. The van der Waals surface area contributed by atoms with Gasteiger partial charge in [0.25, 0.3) is 0 Å². The molecule has 94 valence electrons. The zero-order chi connectivity index (χ0) is 12.5. The van der Waals surface area contributed by atoms with Gasteiger partial charge in [-0.3, -0.25) is 0 Å². The predicted octanol–water partition coefficient (Wildman–Crippen LogP) is 2.88. The standard InChI is InChI=1S/C12H15F3N2/c1-8-2-3-10(9-4-6-16-7-5-9)11(17-8)12(13,14)15/h2-3,9,16H,4-7H2,1H3. The van der Waals surface area contributed by atoms with Crippen molar-refractivity contribution in [1.82, 2.24) is 10.3 Å². The van der Waals surface area contributed by atoms with Gasteiger partial charge in [0.1, 0.15) is 5.69 Å². The van der Waals surface area contributed by atoms with Gasteiger partial charge in [-0.05, 0) is 50.4 Å². The highest BCUT2D eigenvalue weighted by Gasteiger charge is 2.37. The minimum Gasteiger partial charge on any atom is -0.317 e. The van der Waals surface area contributed by atoms with Crippen molar-refractivity contribution in [2.24, 2.45) is 0 Å². The van der Waals surface area contributed by atoms with E-state index in [1.54, 1.807) is 19.1 Å². The molecular formula is C12H15F3N2. The first kappa shape index (κ1) is 12.4. The molecule has 0 atom stereocenters. The van der Waals surface area contributed by atoms with Crippen LogP contribution in [0, 0.1) is 6.92 Å². The Kier molecular flexibility index (Phi) is 3.38. The van der Waals surface area contributed by atoms with Crippen molar-refractivity contribution in [2.75, 3.05) is 13.1 Å². The maximum atomic E-state index is 12.9. The van der Waals surface area contributed by atoms with Gasteiger partial charge >= 0.3 is 6.18 Å². The highest BCUT2D eigenvalue weighted by Crippen LogP contribution is 2.36. The van der Waals surface area contributed by atoms with Crippen LogP contribution in [-0.2, 0) is 6.18 Å². The smallest absolute Gasteiger partial charge is 0.317 e. The van der Waals surface area contributed by atoms with E-state index < -0.39 is 11.9 Å². The molecule has 1 fully saturated rings. The Morgan fingerprint density at radius 2 is 1.88 bits per heavy atom. The van der Waals surface area contributed by atoms with E-state index in [9.17, 15) is 13.2 Å². The number of nitrogens with zero attached hydrogens (tertiary/aromatic N) is 1. The van der Waals surface area contributed by atoms with E-state index in [0.717, 1.165) is 25.9 Å². The lowest BCUT2D eigenvalue weighted by Crippen LogP contribution is -2.28. The minimum absolute atomic E-state index is 0.0269. The van der Waals surface area contributed by atoms with Crippen LogP contribution in [-0.4, -0.2) is 18.1 Å². The molecule has 0 aromatic carbocycles. The van der Waals surface area contributed by atoms with E-state index in [1.807, 2.05) is 0 Å². The Labute approximate surface area is 98.2 Å². The zero-order valence-corrected chi connectivity index (χ0v) is 9.64. The fraction of sp³-hybridized carbons (Fsp3) is 0.583. The average Bonchev–Trinajstić information content (AvgIpc) is 2.29. The molecule has 5 heteroatoms. The summed E-state index contributed by atoms with van der Waals surface area (Å²) in [5.41, 5.74) is 0.0593. The molecular weight excluding hydrogens is 229 g/mol. The lowest BCUT2D eigenvalue weighted by molar-refractivity contribution is -0.142. The van der Waals surface area contributed by atoms with Crippen LogP contribution in [0.2, 0.25) is 0 Å². The van der Waals surface area contributed by atoms with Crippen LogP contribution in [0.15, 0.2) is 12.1 Å². The summed E-state index contributed by atoms with van der Waals surface area (Å²) in [6.45, 7) is 3.13. The number of nitrogens with one attached hydrogen (secondary N) is 1. The van der Waals surface area contributed by atoms with Crippen molar-refractivity contribution >= 4 is 0 Å². The van der Waals surface area contributed by atoms with Crippen LogP contribution in [0.25, 0.3) is 0 Å². The zero-order valence-electron chi connectivity index (χ0n) is 9.64. The van der Waals surface area contributed by atoms with Crippen LogP contribution in [0.4, 0.5) is 13.2 Å². The topological polar surface area (TPSA) is 24.9 Å². The number of hydrogen-bond donors (Lipinski definition) is 1. The van der Waals surface area contributed by atoms with E-state index >= 15 is 0 Å². The minimum atomic E-state index is -4.35. The van der Waals surface area contributed by atoms with Gasteiger partial charge < -0.3 is 5.32 Å². The molecule has 1 aromatic heterocycles. The van der Waals surface area contributed by atoms with Crippen molar-refractivity contribution in [3.8, 4) is 0 Å². The summed E-state index contributed by atoms with van der Waals surface area (Å²) >= 11 is 0. The number of halogens is 3. The van der Waals surface area contributed by atoms with Crippen molar-refractivity contribution in [3.63, 3.8) is 0 Å². The number of rotatable bonds is 1. The Balaban J connectivity index is 2.38. The predicted molar refractivity (Wildman–Crippen MR) is 58.8 cm³/mol. The molecule has 0 amide bonds. The van der Waals surface area contributed by atoms with E-state index in [2.05, 4.69) is 10.3 Å². The van der Waals surface area contributed by atoms with Crippen LogP contribution in [0.1, 0.15) is 35.7 Å².